The lowest BCUT2D eigenvalue weighted by atomic mass is 9.93. The van der Waals surface area contributed by atoms with Crippen LogP contribution in [0.15, 0.2) is 24.3 Å². The number of carbonyl (C=O) groups is 2. The van der Waals surface area contributed by atoms with Gasteiger partial charge in [-0.3, -0.25) is 9.59 Å². The number of ether oxygens (including phenoxy) is 1. The summed E-state index contributed by atoms with van der Waals surface area (Å²) in [5.41, 5.74) is 2.48. The summed E-state index contributed by atoms with van der Waals surface area (Å²) in [6, 6.07) is 8.22. The summed E-state index contributed by atoms with van der Waals surface area (Å²) in [5.74, 6) is 0.619. The molecule has 1 N–H and O–H groups in total. The van der Waals surface area contributed by atoms with Crippen LogP contribution >= 0.6 is 0 Å². The molecule has 2 heterocycles. The van der Waals surface area contributed by atoms with Gasteiger partial charge in [0.05, 0.1) is 0 Å². The minimum absolute atomic E-state index is 0.178. The van der Waals surface area contributed by atoms with Crippen LogP contribution < -0.4 is 5.32 Å². The summed E-state index contributed by atoms with van der Waals surface area (Å²) < 4.78 is 5.41. The Morgan fingerprint density at radius 2 is 1.92 bits per heavy atom. The minimum Gasteiger partial charge on any atom is -0.381 e. The second-order valence-electron chi connectivity index (χ2n) is 7.68. The number of carbonyl (C=O) groups excluding carboxylic acids is 2. The van der Waals surface area contributed by atoms with Crippen LogP contribution in [0.5, 0.6) is 0 Å². The lowest BCUT2D eigenvalue weighted by Gasteiger charge is -2.22. The number of hydrogen-bond donors (Lipinski definition) is 1. The highest BCUT2D eigenvalue weighted by Crippen LogP contribution is 2.59. The van der Waals surface area contributed by atoms with Crippen molar-refractivity contribution in [3.8, 4) is 0 Å². The van der Waals surface area contributed by atoms with E-state index in [1.165, 1.54) is 0 Å². The van der Waals surface area contributed by atoms with Crippen molar-refractivity contribution >= 4 is 11.8 Å². The van der Waals surface area contributed by atoms with E-state index >= 15 is 0 Å². The first-order chi connectivity index (χ1) is 12.2. The lowest BCUT2D eigenvalue weighted by Crippen LogP contribution is -2.29. The van der Waals surface area contributed by atoms with Gasteiger partial charge in [-0.05, 0) is 42.2 Å². The highest BCUT2D eigenvalue weighted by atomic mass is 16.5. The number of amides is 2. The summed E-state index contributed by atoms with van der Waals surface area (Å²) in [6.45, 7) is 3.73. The molecule has 1 saturated carbocycles. The highest BCUT2D eigenvalue weighted by molar-refractivity contribution is 5.82. The predicted molar refractivity (Wildman–Crippen MR) is 93.5 cm³/mol. The Balaban J connectivity index is 1.26. The maximum absolute atomic E-state index is 12.4. The molecule has 5 heteroatoms. The monoisotopic (exact) mass is 342 g/mol. The predicted octanol–water partition coefficient (Wildman–Crippen LogP) is 2.24. The van der Waals surface area contributed by atoms with Crippen molar-refractivity contribution in [2.75, 3.05) is 19.8 Å². The van der Waals surface area contributed by atoms with Gasteiger partial charge < -0.3 is 15.0 Å². The molecule has 0 radical (unpaired) electrons. The molecule has 3 aliphatic rings. The summed E-state index contributed by atoms with van der Waals surface area (Å²) in [6.07, 6.45) is 4.71. The van der Waals surface area contributed by atoms with E-state index in [1.807, 2.05) is 17.0 Å². The summed E-state index contributed by atoms with van der Waals surface area (Å²) in [5, 5.41) is 3.09. The van der Waals surface area contributed by atoms with E-state index in [-0.39, 0.29) is 23.1 Å². The highest BCUT2D eigenvalue weighted by Gasteiger charge is 2.57. The van der Waals surface area contributed by atoms with E-state index in [9.17, 15) is 9.59 Å². The number of likely N-dealkylation sites (tertiary alicyclic amines) is 1. The third-order valence-corrected chi connectivity index (χ3v) is 6.03. The molecule has 5 nitrogen and oxygen atoms in total. The molecule has 3 fully saturated rings. The van der Waals surface area contributed by atoms with Crippen LogP contribution in [-0.2, 0) is 27.4 Å². The standard InChI is InChI=1S/C20H26N2O3/c23-18-2-1-9-22(18)14-16-5-3-15(4-6-16)13-21-19(24)17-12-20(17)7-10-25-11-8-20/h3-6,17H,1-2,7-14H2,(H,21,24). The van der Waals surface area contributed by atoms with Crippen LogP contribution in [0.2, 0.25) is 0 Å². The Labute approximate surface area is 148 Å². The minimum atomic E-state index is 0.178. The molecule has 1 atom stereocenters. The van der Waals surface area contributed by atoms with E-state index < -0.39 is 0 Å². The van der Waals surface area contributed by atoms with Gasteiger partial charge >= 0.3 is 0 Å². The SMILES string of the molecule is O=C(NCc1ccc(CN2CCCC2=O)cc1)C1CC12CCOCC2. The zero-order valence-electron chi connectivity index (χ0n) is 14.6. The van der Waals surface area contributed by atoms with Crippen molar-refractivity contribution < 1.29 is 14.3 Å². The molecule has 0 aromatic heterocycles. The Bertz CT molecular complexity index is 649. The number of nitrogens with zero attached hydrogens (tertiary/aromatic N) is 1. The van der Waals surface area contributed by atoms with E-state index in [0.717, 1.165) is 56.6 Å². The van der Waals surface area contributed by atoms with Crippen molar-refractivity contribution in [2.45, 2.75) is 45.2 Å². The maximum atomic E-state index is 12.4. The van der Waals surface area contributed by atoms with Crippen LogP contribution in [0.1, 0.15) is 43.2 Å². The molecule has 2 saturated heterocycles. The smallest absolute Gasteiger partial charge is 0.223 e. The van der Waals surface area contributed by atoms with Crippen molar-refractivity contribution in [1.82, 2.24) is 10.2 Å². The van der Waals surface area contributed by atoms with Crippen LogP contribution in [0.3, 0.4) is 0 Å². The normalized spacial score (nSPS) is 24.6. The molecule has 134 valence electrons. The molecule has 2 amide bonds. The molecule has 1 spiro atoms. The summed E-state index contributed by atoms with van der Waals surface area (Å²) in [7, 11) is 0. The third kappa shape index (κ3) is 3.56. The van der Waals surface area contributed by atoms with Crippen LogP contribution in [0, 0.1) is 11.3 Å². The fraction of sp³-hybridized carbons (Fsp3) is 0.600. The van der Waals surface area contributed by atoms with Gasteiger partial charge in [-0.1, -0.05) is 24.3 Å². The quantitative estimate of drug-likeness (QED) is 0.893. The molecule has 2 aliphatic heterocycles. The summed E-state index contributed by atoms with van der Waals surface area (Å²) in [4.78, 5) is 26.0. The number of hydrogen-bond acceptors (Lipinski definition) is 3. The fourth-order valence-electron chi connectivity index (χ4n) is 4.22. The second-order valence-corrected chi connectivity index (χ2v) is 7.68. The maximum Gasteiger partial charge on any atom is 0.223 e. The first-order valence-corrected chi connectivity index (χ1v) is 9.37. The van der Waals surface area contributed by atoms with Crippen molar-refractivity contribution in [2.24, 2.45) is 11.3 Å². The lowest BCUT2D eigenvalue weighted by molar-refractivity contribution is -0.128. The molecule has 1 unspecified atom stereocenters. The van der Waals surface area contributed by atoms with Crippen molar-refractivity contribution in [1.29, 1.82) is 0 Å². The van der Waals surface area contributed by atoms with Gasteiger partial charge in [0.1, 0.15) is 0 Å². The van der Waals surface area contributed by atoms with E-state index in [1.54, 1.807) is 0 Å². The Morgan fingerprint density at radius 1 is 1.20 bits per heavy atom. The molecular formula is C20H26N2O3. The molecule has 1 aromatic carbocycles. The van der Waals surface area contributed by atoms with Gasteiger partial charge in [-0.25, -0.2) is 0 Å². The van der Waals surface area contributed by atoms with Crippen LogP contribution in [-0.4, -0.2) is 36.5 Å². The Hall–Kier alpha value is -1.88. The Morgan fingerprint density at radius 3 is 2.60 bits per heavy atom. The average molecular weight is 342 g/mol. The zero-order chi connectivity index (χ0) is 17.3. The van der Waals surface area contributed by atoms with Gasteiger partial charge in [0.2, 0.25) is 11.8 Å². The molecule has 1 aliphatic carbocycles. The second kappa shape index (κ2) is 6.79. The van der Waals surface area contributed by atoms with Gasteiger partial charge in [0, 0.05) is 45.2 Å². The van der Waals surface area contributed by atoms with Crippen molar-refractivity contribution in [3.05, 3.63) is 35.4 Å². The first-order valence-electron chi connectivity index (χ1n) is 9.37. The molecular weight excluding hydrogens is 316 g/mol. The van der Waals surface area contributed by atoms with Gasteiger partial charge in [-0.15, -0.1) is 0 Å². The fourth-order valence-corrected chi connectivity index (χ4v) is 4.22. The average Bonchev–Trinajstić information content (AvgIpc) is 3.17. The number of rotatable bonds is 5. The molecule has 1 aromatic rings. The van der Waals surface area contributed by atoms with E-state index in [0.29, 0.717) is 19.5 Å². The van der Waals surface area contributed by atoms with Gasteiger partial charge in [0.15, 0.2) is 0 Å². The zero-order valence-corrected chi connectivity index (χ0v) is 14.6. The molecule has 25 heavy (non-hydrogen) atoms. The van der Waals surface area contributed by atoms with E-state index in [4.69, 9.17) is 4.74 Å². The van der Waals surface area contributed by atoms with Gasteiger partial charge in [-0.2, -0.15) is 0 Å². The largest absolute Gasteiger partial charge is 0.381 e. The Kier molecular flexibility index (Phi) is 4.50. The number of nitrogens with one attached hydrogen (secondary N) is 1. The number of benzene rings is 1. The van der Waals surface area contributed by atoms with Crippen LogP contribution in [0.25, 0.3) is 0 Å². The third-order valence-electron chi connectivity index (χ3n) is 6.03. The van der Waals surface area contributed by atoms with Crippen LogP contribution in [0.4, 0.5) is 0 Å². The first kappa shape index (κ1) is 16.6. The van der Waals surface area contributed by atoms with Crippen molar-refractivity contribution in [3.63, 3.8) is 0 Å². The topological polar surface area (TPSA) is 58.6 Å². The molecule has 4 rings (SSSR count). The van der Waals surface area contributed by atoms with Gasteiger partial charge in [0.25, 0.3) is 0 Å². The summed E-state index contributed by atoms with van der Waals surface area (Å²) >= 11 is 0. The van der Waals surface area contributed by atoms with E-state index in [2.05, 4.69) is 17.4 Å². The molecule has 0 bridgehead atoms.